The van der Waals surface area contributed by atoms with Crippen molar-refractivity contribution in [3.63, 3.8) is 0 Å². The Labute approximate surface area is 146 Å². The zero-order valence-electron chi connectivity index (χ0n) is 15.5. The molecule has 0 fully saturated rings. The molecule has 0 spiro atoms. The Bertz CT molecular complexity index is 536. The Morgan fingerprint density at radius 1 is 1.12 bits per heavy atom. The van der Waals surface area contributed by atoms with E-state index in [-0.39, 0.29) is 12.1 Å². The maximum atomic E-state index is 11.7. The van der Waals surface area contributed by atoms with Crippen LogP contribution in [0.3, 0.4) is 0 Å². The fraction of sp³-hybridized carbons (Fsp3) is 0.667. The van der Waals surface area contributed by atoms with Gasteiger partial charge in [0.15, 0.2) is 0 Å². The molecule has 2 rings (SSSR count). The largest absolute Gasteiger partial charge is 0.490 e. The Balaban J connectivity index is 1.72. The molecule has 3 nitrogen and oxygen atoms in total. The molecule has 1 aliphatic rings. The lowest BCUT2D eigenvalue weighted by Gasteiger charge is -2.11. The van der Waals surface area contributed by atoms with E-state index < -0.39 is 0 Å². The van der Waals surface area contributed by atoms with E-state index in [4.69, 9.17) is 9.47 Å². The van der Waals surface area contributed by atoms with Crippen molar-refractivity contribution in [1.29, 1.82) is 0 Å². The molecule has 0 aliphatic carbocycles. The first kappa shape index (κ1) is 18.8. The molecule has 0 saturated heterocycles. The zero-order chi connectivity index (χ0) is 17.4. The van der Waals surface area contributed by atoms with Gasteiger partial charge in [0.2, 0.25) is 0 Å². The fourth-order valence-electron chi connectivity index (χ4n) is 3.52. The number of hydrogen-bond donors (Lipinski definition) is 0. The van der Waals surface area contributed by atoms with Crippen LogP contribution in [0, 0.1) is 6.92 Å². The van der Waals surface area contributed by atoms with Crippen LogP contribution < -0.4 is 4.74 Å². The first-order valence-corrected chi connectivity index (χ1v) is 9.54. The highest BCUT2D eigenvalue weighted by molar-refractivity contribution is 5.90. The summed E-state index contributed by atoms with van der Waals surface area (Å²) in [5, 5.41) is 0. The lowest BCUT2D eigenvalue weighted by molar-refractivity contribution is 0.0600. The van der Waals surface area contributed by atoms with Crippen molar-refractivity contribution in [2.45, 2.75) is 84.2 Å². The van der Waals surface area contributed by atoms with E-state index in [1.807, 2.05) is 19.1 Å². The van der Waals surface area contributed by atoms with Crippen LogP contribution in [0.15, 0.2) is 12.1 Å². The zero-order valence-corrected chi connectivity index (χ0v) is 15.5. The average Bonchev–Trinajstić information content (AvgIpc) is 3.00. The van der Waals surface area contributed by atoms with Crippen molar-refractivity contribution in [2.24, 2.45) is 0 Å². The molecule has 1 atom stereocenters. The Kier molecular flexibility index (Phi) is 7.61. The van der Waals surface area contributed by atoms with Crippen LogP contribution in [0.4, 0.5) is 0 Å². The number of aryl methyl sites for hydroxylation is 1. The maximum Gasteiger partial charge on any atom is 0.337 e. The summed E-state index contributed by atoms with van der Waals surface area (Å²) in [6.07, 6.45) is 13.0. The minimum atomic E-state index is -0.271. The highest BCUT2D eigenvalue weighted by atomic mass is 16.5. The first-order chi connectivity index (χ1) is 11.7. The summed E-state index contributed by atoms with van der Waals surface area (Å²) in [7, 11) is 1.42. The summed E-state index contributed by atoms with van der Waals surface area (Å²) >= 11 is 0. The standard InChI is InChI=1S/C21H32O3/c1-4-5-6-7-8-9-10-11-12-19-15-17-14-18(21(22)23-3)13-16(2)20(17)24-19/h13-14,19H,4-12,15H2,1-3H3. The Hall–Kier alpha value is -1.51. The molecule has 1 aliphatic heterocycles. The van der Waals surface area contributed by atoms with Gasteiger partial charge in [0.25, 0.3) is 0 Å². The summed E-state index contributed by atoms with van der Waals surface area (Å²) in [6.45, 7) is 4.26. The van der Waals surface area contributed by atoms with Gasteiger partial charge in [-0.3, -0.25) is 0 Å². The van der Waals surface area contributed by atoms with Gasteiger partial charge in [0, 0.05) is 6.42 Å². The number of esters is 1. The lowest BCUT2D eigenvalue weighted by atomic mass is 10.0. The predicted molar refractivity (Wildman–Crippen MR) is 97.9 cm³/mol. The van der Waals surface area contributed by atoms with E-state index in [9.17, 15) is 4.79 Å². The number of carbonyl (C=O) groups excluding carboxylic acids is 1. The molecule has 1 heterocycles. The minimum Gasteiger partial charge on any atom is -0.490 e. The van der Waals surface area contributed by atoms with E-state index in [2.05, 4.69) is 6.92 Å². The van der Waals surface area contributed by atoms with Crippen LogP contribution in [0.1, 0.15) is 86.2 Å². The van der Waals surface area contributed by atoms with Gasteiger partial charge in [-0.1, -0.05) is 51.9 Å². The molecule has 0 radical (unpaired) electrons. The van der Waals surface area contributed by atoms with Crippen molar-refractivity contribution < 1.29 is 14.3 Å². The van der Waals surface area contributed by atoms with Gasteiger partial charge in [-0.2, -0.15) is 0 Å². The van der Waals surface area contributed by atoms with Crippen molar-refractivity contribution >= 4 is 5.97 Å². The van der Waals surface area contributed by atoms with E-state index in [0.717, 1.165) is 29.7 Å². The number of methoxy groups -OCH3 is 1. The minimum absolute atomic E-state index is 0.270. The second-order valence-corrected chi connectivity index (χ2v) is 6.98. The number of fused-ring (bicyclic) bond motifs is 1. The molecule has 0 N–H and O–H groups in total. The fourth-order valence-corrected chi connectivity index (χ4v) is 3.52. The molecule has 0 amide bonds. The topological polar surface area (TPSA) is 35.5 Å². The van der Waals surface area contributed by atoms with Gasteiger partial charge < -0.3 is 9.47 Å². The normalized spacial score (nSPS) is 15.9. The molecule has 1 aromatic carbocycles. The second kappa shape index (κ2) is 9.71. The lowest BCUT2D eigenvalue weighted by Crippen LogP contribution is -2.12. The molecule has 1 unspecified atom stereocenters. The number of benzene rings is 1. The number of rotatable bonds is 10. The van der Waals surface area contributed by atoms with Gasteiger partial charge in [0.05, 0.1) is 12.7 Å². The third-order valence-electron chi connectivity index (χ3n) is 4.88. The van der Waals surface area contributed by atoms with E-state index in [1.165, 1.54) is 58.5 Å². The highest BCUT2D eigenvalue weighted by Crippen LogP contribution is 2.35. The monoisotopic (exact) mass is 332 g/mol. The summed E-state index contributed by atoms with van der Waals surface area (Å²) in [4.78, 5) is 11.7. The number of ether oxygens (including phenoxy) is 2. The van der Waals surface area contributed by atoms with Gasteiger partial charge >= 0.3 is 5.97 Å². The van der Waals surface area contributed by atoms with E-state index in [0.29, 0.717) is 5.56 Å². The van der Waals surface area contributed by atoms with Crippen LogP contribution in [0.2, 0.25) is 0 Å². The van der Waals surface area contributed by atoms with Crippen molar-refractivity contribution in [1.82, 2.24) is 0 Å². The molecular formula is C21H32O3. The Morgan fingerprint density at radius 2 is 1.79 bits per heavy atom. The average molecular weight is 332 g/mol. The van der Waals surface area contributed by atoms with Crippen molar-refractivity contribution in [3.8, 4) is 5.75 Å². The van der Waals surface area contributed by atoms with Gasteiger partial charge in [0.1, 0.15) is 11.9 Å². The highest BCUT2D eigenvalue weighted by Gasteiger charge is 2.25. The first-order valence-electron chi connectivity index (χ1n) is 9.54. The molecule has 1 aromatic rings. The number of unbranched alkanes of at least 4 members (excludes halogenated alkanes) is 7. The third kappa shape index (κ3) is 5.25. The SMILES string of the molecule is CCCCCCCCCCC1Cc2cc(C(=O)OC)cc(C)c2O1. The summed E-state index contributed by atoms with van der Waals surface area (Å²) in [5.41, 5.74) is 2.82. The molecule has 24 heavy (non-hydrogen) atoms. The predicted octanol–water partition coefficient (Wildman–Crippen LogP) is 5.62. The van der Waals surface area contributed by atoms with E-state index in [1.54, 1.807) is 0 Å². The summed E-state index contributed by atoms with van der Waals surface area (Å²) in [6, 6.07) is 3.80. The van der Waals surface area contributed by atoms with Crippen LogP contribution in [-0.4, -0.2) is 19.2 Å². The smallest absolute Gasteiger partial charge is 0.337 e. The molecule has 0 saturated carbocycles. The quantitative estimate of drug-likeness (QED) is 0.412. The molecule has 0 aromatic heterocycles. The number of carbonyl (C=O) groups is 1. The molecule has 3 heteroatoms. The molecule has 0 bridgehead atoms. The van der Waals surface area contributed by atoms with Gasteiger partial charge in [-0.15, -0.1) is 0 Å². The van der Waals surface area contributed by atoms with Crippen LogP contribution in [0.25, 0.3) is 0 Å². The van der Waals surface area contributed by atoms with Crippen LogP contribution in [-0.2, 0) is 11.2 Å². The van der Waals surface area contributed by atoms with E-state index >= 15 is 0 Å². The van der Waals surface area contributed by atoms with Gasteiger partial charge in [-0.25, -0.2) is 4.79 Å². The number of hydrogen-bond acceptors (Lipinski definition) is 3. The maximum absolute atomic E-state index is 11.7. The van der Waals surface area contributed by atoms with Crippen LogP contribution in [0.5, 0.6) is 5.75 Å². The molecule has 134 valence electrons. The molecular weight excluding hydrogens is 300 g/mol. The van der Waals surface area contributed by atoms with Crippen molar-refractivity contribution in [3.05, 3.63) is 28.8 Å². The third-order valence-corrected chi connectivity index (χ3v) is 4.88. The van der Waals surface area contributed by atoms with Crippen molar-refractivity contribution in [2.75, 3.05) is 7.11 Å². The second-order valence-electron chi connectivity index (χ2n) is 6.98. The summed E-state index contributed by atoms with van der Waals surface area (Å²) < 4.78 is 10.9. The Morgan fingerprint density at radius 3 is 2.46 bits per heavy atom. The van der Waals surface area contributed by atoms with Gasteiger partial charge in [-0.05, 0) is 43.0 Å². The summed E-state index contributed by atoms with van der Waals surface area (Å²) in [5.74, 6) is 0.708. The van der Waals surface area contributed by atoms with Crippen LogP contribution >= 0.6 is 0 Å².